The first-order chi connectivity index (χ1) is 15.2. The molecule has 0 aliphatic carbocycles. The maximum Gasteiger partial charge on any atom is 0.338 e. The van der Waals surface area contributed by atoms with Gasteiger partial charge in [0.05, 0.1) is 34.4 Å². The van der Waals surface area contributed by atoms with E-state index in [1.54, 1.807) is 37.3 Å². The molecule has 0 fully saturated rings. The lowest BCUT2D eigenvalue weighted by atomic mass is 9.95. The van der Waals surface area contributed by atoms with Crippen molar-refractivity contribution in [2.24, 2.45) is 0 Å². The molecular weight excluding hydrogens is 436 g/mol. The lowest BCUT2D eigenvalue weighted by molar-refractivity contribution is -0.139. The molecule has 32 heavy (non-hydrogen) atoms. The molecule has 3 rings (SSSR count). The summed E-state index contributed by atoms with van der Waals surface area (Å²) in [6.07, 6.45) is 1.03. The first kappa shape index (κ1) is 23.0. The molecule has 1 atom stereocenters. The molecule has 2 aromatic carbocycles. The Morgan fingerprint density at radius 3 is 2.38 bits per heavy atom. The summed E-state index contributed by atoms with van der Waals surface area (Å²) in [5.74, 6) is -1.48. The van der Waals surface area contributed by atoms with E-state index in [9.17, 15) is 22.8 Å². The van der Waals surface area contributed by atoms with Crippen LogP contribution in [0.5, 0.6) is 0 Å². The lowest BCUT2D eigenvalue weighted by Gasteiger charge is -2.29. The monoisotopic (exact) mass is 458 g/mol. The van der Waals surface area contributed by atoms with Crippen molar-refractivity contribution in [1.29, 1.82) is 0 Å². The fourth-order valence-electron chi connectivity index (χ4n) is 3.15. The number of esters is 2. The lowest BCUT2D eigenvalue weighted by Crippen LogP contribution is -2.47. The van der Waals surface area contributed by atoms with Crippen LogP contribution in [0.2, 0.25) is 0 Å². The fraction of sp³-hybridized carbons (Fsp3) is 0.227. The highest BCUT2D eigenvalue weighted by molar-refractivity contribution is 7.90. The Morgan fingerprint density at radius 1 is 1.00 bits per heavy atom. The van der Waals surface area contributed by atoms with Gasteiger partial charge in [-0.3, -0.25) is 0 Å². The zero-order chi connectivity index (χ0) is 23.3. The summed E-state index contributed by atoms with van der Waals surface area (Å²) in [6.45, 7) is 1.34. The fourth-order valence-corrected chi connectivity index (χ4v) is 3.82. The van der Waals surface area contributed by atoms with Crippen molar-refractivity contribution in [1.82, 2.24) is 10.6 Å². The summed E-state index contributed by atoms with van der Waals surface area (Å²) in [5, 5.41) is 5.18. The van der Waals surface area contributed by atoms with Crippen LogP contribution in [0.4, 0.5) is 4.79 Å². The Morgan fingerprint density at radius 2 is 1.72 bits per heavy atom. The van der Waals surface area contributed by atoms with E-state index in [1.165, 1.54) is 24.3 Å². The van der Waals surface area contributed by atoms with Gasteiger partial charge in [0.25, 0.3) is 0 Å². The van der Waals surface area contributed by atoms with Crippen molar-refractivity contribution in [3.63, 3.8) is 0 Å². The van der Waals surface area contributed by atoms with Gasteiger partial charge in [-0.1, -0.05) is 36.4 Å². The third kappa shape index (κ3) is 5.33. The highest BCUT2D eigenvalue weighted by atomic mass is 32.2. The van der Waals surface area contributed by atoms with Gasteiger partial charge in [0.1, 0.15) is 6.61 Å². The number of urea groups is 1. The maximum atomic E-state index is 12.7. The largest absolute Gasteiger partial charge is 0.463 e. The van der Waals surface area contributed by atoms with Crippen molar-refractivity contribution in [2.75, 3.05) is 19.5 Å². The topological polar surface area (TPSA) is 128 Å². The van der Waals surface area contributed by atoms with Crippen LogP contribution < -0.4 is 10.6 Å². The molecule has 0 spiro atoms. The van der Waals surface area contributed by atoms with Crippen LogP contribution in [0.1, 0.15) is 28.9 Å². The van der Waals surface area contributed by atoms with Crippen LogP contribution in [0, 0.1) is 0 Å². The summed E-state index contributed by atoms with van der Waals surface area (Å²) >= 11 is 0. The van der Waals surface area contributed by atoms with Gasteiger partial charge in [-0.2, -0.15) is 0 Å². The smallest absolute Gasteiger partial charge is 0.338 e. The number of hydrogen-bond acceptors (Lipinski definition) is 7. The number of carbonyl (C=O) groups is 3. The van der Waals surface area contributed by atoms with Crippen LogP contribution in [-0.4, -0.2) is 45.9 Å². The van der Waals surface area contributed by atoms with Gasteiger partial charge in [-0.15, -0.1) is 0 Å². The molecule has 1 aliphatic rings. The third-order valence-electron chi connectivity index (χ3n) is 4.63. The first-order valence-corrected chi connectivity index (χ1v) is 11.6. The van der Waals surface area contributed by atoms with Gasteiger partial charge < -0.3 is 20.1 Å². The van der Waals surface area contributed by atoms with Crippen molar-refractivity contribution in [3.8, 4) is 0 Å². The molecular formula is C22H22N2O7S. The average Bonchev–Trinajstić information content (AvgIpc) is 2.77. The van der Waals surface area contributed by atoms with Crippen LogP contribution in [0.3, 0.4) is 0 Å². The second-order valence-corrected chi connectivity index (χ2v) is 8.95. The molecule has 2 aromatic rings. The third-order valence-corrected chi connectivity index (χ3v) is 5.74. The first-order valence-electron chi connectivity index (χ1n) is 9.70. The number of rotatable bonds is 7. The highest BCUT2D eigenvalue weighted by Crippen LogP contribution is 2.28. The van der Waals surface area contributed by atoms with Crippen molar-refractivity contribution in [3.05, 3.63) is 77.0 Å². The van der Waals surface area contributed by atoms with E-state index in [0.717, 1.165) is 6.26 Å². The van der Waals surface area contributed by atoms with Crippen molar-refractivity contribution >= 4 is 27.8 Å². The van der Waals surface area contributed by atoms with E-state index in [0.29, 0.717) is 5.56 Å². The van der Waals surface area contributed by atoms with Gasteiger partial charge in [0.15, 0.2) is 9.84 Å². The van der Waals surface area contributed by atoms with Crippen LogP contribution in [0.15, 0.2) is 70.8 Å². The number of ether oxygens (including phenoxy) is 2. The predicted molar refractivity (Wildman–Crippen MR) is 114 cm³/mol. The van der Waals surface area contributed by atoms with Crippen LogP contribution in [-0.2, 0) is 24.1 Å². The van der Waals surface area contributed by atoms with Crippen LogP contribution in [0.25, 0.3) is 0 Å². The average molecular weight is 458 g/mol. The number of benzene rings is 2. The maximum absolute atomic E-state index is 12.7. The Kier molecular flexibility index (Phi) is 6.94. The second-order valence-electron chi connectivity index (χ2n) is 6.93. The van der Waals surface area contributed by atoms with Gasteiger partial charge in [0.2, 0.25) is 0 Å². The minimum Gasteiger partial charge on any atom is -0.463 e. The number of sulfone groups is 1. The molecule has 0 saturated heterocycles. The quantitative estimate of drug-likeness (QED) is 0.608. The molecule has 1 heterocycles. The van der Waals surface area contributed by atoms with E-state index in [-0.39, 0.29) is 28.3 Å². The van der Waals surface area contributed by atoms with E-state index < -0.39 is 40.5 Å². The molecule has 1 unspecified atom stereocenters. The number of amides is 2. The number of nitrogens with one attached hydrogen (secondary N) is 2. The summed E-state index contributed by atoms with van der Waals surface area (Å²) < 4.78 is 33.9. The second kappa shape index (κ2) is 9.65. The predicted octanol–water partition coefficient (Wildman–Crippen LogP) is 2.12. The molecule has 0 radical (unpaired) electrons. The number of hydrogen-bond donors (Lipinski definition) is 2. The molecule has 2 amide bonds. The molecule has 1 aliphatic heterocycles. The SMILES string of the molecule is CCOC(=O)C1=C(COC(=O)c2cccc(S(C)(=O)=O)c2)NC(=O)NC1c1ccccc1. The zero-order valence-corrected chi connectivity index (χ0v) is 18.3. The molecule has 2 N–H and O–H groups in total. The molecule has 0 aromatic heterocycles. The van der Waals surface area contributed by atoms with E-state index in [2.05, 4.69) is 10.6 Å². The molecule has 10 heteroatoms. The zero-order valence-electron chi connectivity index (χ0n) is 17.5. The summed E-state index contributed by atoms with van der Waals surface area (Å²) in [7, 11) is -3.51. The molecule has 0 saturated carbocycles. The summed E-state index contributed by atoms with van der Waals surface area (Å²) in [4.78, 5) is 37.4. The Hall–Kier alpha value is -3.66. The number of carbonyl (C=O) groups excluding carboxylic acids is 3. The minimum absolute atomic E-state index is 0.0195. The molecule has 0 bridgehead atoms. The molecule has 9 nitrogen and oxygen atoms in total. The Labute approximate surface area is 185 Å². The Bertz CT molecular complexity index is 1170. The normalized spacial score (nSPS) is 16.1. The van der Waals surface area contributed by atoms with Gasteiger partial charge in [0, 0.05) is 6.26 Å². The van der Waals surface area contributed by atoms with Crippen LogP contribution >= 0.6 is 0 Å². The standard InChI is InChI=1S/C22H22N2O7S/c1-3-30-21(26)18-17(23-22(27)24-19(18)14-8-5-4-6-9-14)13-31-20(25)15-10-7-11-16(12-15)32(2,28)29/h4-12,19H,3,13H2,1-2H3,(H2,23,24,27). The van der Waals surface area contributed by atoms with Gasteiger partial charge >= 0.3 is 18.0 Å². The highest BCUT2D eigenvalue weighted by Gasteiger charge is 2.34. The van der Waals surface area contributed by atoms with Crippen molar-refractivity contribution in [2.45, 2.75) is 17.9 Å². The minimum atomic E-state index is -3.51. The van der Waals surface area contributed by atoms with E-state index >= 15 is 0 Å². The van der Waals surface area contributed by atoms with Gasteiger partial charge in [-0.05, 0) is 30.7 Å². The molecule has 168 valence electrons. The van der Waals surface area contributed by atoms with E-state index in [4.69, 9.17) is 9.47 Å². The van der Waals surface area contributed by atoms with E-state index in [1.807, 2.05) is 0 Å². The van der Waals surface area contributed by atoms with Gasteiger partial charge in [-0.25, -0.2) is 22.8 Å². The van der Waals surface area contributed by atoms with Crippen molar-refractivity contribution < 1.29 is 32.3 Å². The summed E-state index contributed by atoms with van der Waals surface area (Å²) in [6, 6.07) is 12.8. The Balaban J connectivity index is 1.91. The summed E-state index contributed by atoms with van der Waals surface area (Å²) in [5.41, 5.74) is 0.852.